The zero-order valence-corrected chi connectivity index (χ0v) is 11.9. The summed E-state index contributed by atoms with van der Waals surface area (Å²) < 4.78 is 0.933. The van der Waals surface area contributed by atoms with E-state index in [1.807, 2.05) is 55.5 Å². The second kappa shape index (κ2) is 5.10. The van der Waals surface area contributed by atoms with E-state index in [4.69, 9.17) is 0 Å². The van der Waals surface area contributed by atoms with Crippen LogP contribution in [-0.2, 0) is 6.42 Å². The van der Waals surface area contributed by atoms with Gasteiger partial charge in [-0.1, -0.05) is 43.3 Å². The average molecular weight is 282 g/mol. The summed E-state index contributed by atoms with van der Waals surface area (Å²) in [5.74, 6) is 0.00246. The van der Waals surface area contributed by atoms with Crippen molar-refractivity contribution in [3.8, 4) is 5.75 Å². The van der Waals surface area contributed by atoms with Crippen molar-refractivity contribution >= 4 is 27.2 Å². The number of fused-ring (bicyclic) bond motifs is 1. The summed E-state index contributed by atoms with van der Waals surface area (Å²) in [7, 11) is 0. The van der Waals surface area contributed by atoms with E-state index in [0.29, 0.717) is 10.4 Å². The molecular weight excluding hydrogens is 268 g/mol. The number of aromatic hydroxyl groups is 1. The summed E-state index contributed by atoms with van der Waals surface area (Å²) in [4.78, 5) is 13.1. The lowest BCUT2D eigenvalue weighted by Crippen LogP contribution is -2.03. The Kier molecular flexibility index (Phi) is 3.28. The van der Waals surface area contributed by atoms with Crippen molar-refractivity contribution in [2.24, 2.45) is 0 Å². The standard InChI is InChI=1S/C17H14O2S/c1-2-11-7-3-4-8-12(11)15(18)17-16(19)13-9-5-6-10-14(13)20-17/h3-10,19H,2H2,1H3. The third-order valence-corrected chi connectivity index (χ3v) is 4.58. The average Bonchev–Trinajstić information content (AvgIpc) is 2.84. The molecule has 1 N–H and O–H groups in total. The summed E-state index contributed by atoms with van der Waals surface area (Å²) in [6.45, 7) is 2.02. The van der Waals surface area contributed by atoms with E-state index in [2.05, 4.69) is 0 Å². The molecule has 0 fully saturated rings. The van der Waals surface area contributed by atoms with Crippen LogP contribution in [0.25, 0.3) is 10.1 Å². The minimum Gasteiger partial charge on any atom is -0.506 e. The molecule has 0 saturated carbocycles. The third-order valence-electron chi connectivity index (χ3n) is 3.42. The molecule has 20 heavy (non-hydrogen) atoms. The van der Waals surface area contributed by atoms with Crippen molar-refractivity contribution in [3.05, 3.63) is 64.5 Å². The SMILES string of the molecule is CCc1ccccc1C(=O)c1sc2ccccc2c1O. The molecule has 0 bridgehead atoms. The summed E-state index contributed by atoms with van der Waals surface area (Å²) in [5, 5.41) is 11.0. The first kappa shape index (κ1) is 12.9. The van der Waals surface area contributed by atoms with Gasteiger partial charge in [0.05, 0.1) is 0 Å². The van der Waals surface area contributed by atoms with Crippen LogP contribution in [0.2, 0.25) is 0 Å². The second-order valence-corrected chi connectivity index (χ2v) is 5.67. The van der Waals surface area contributed by atoms with Gasteiger partial charge in [0.1, 0.15) is 10.6 Å². The van der Waals surface area contributed by atoms with Crippen LogP contribution in [0.5, 0.6) is 5.75 Å². The largest absolute Gasteiger partial charge is 0.506 e. The molecule has 0 unspecified atom stereocenters. The minimum atomic E-state index is -0.0962. The number of benzene rings is 2. The Morgan fingerprint density at radius 3 is 2.55 bits per heavy atom. The Morgan fingerprint density at radius 1 is 1.10 bits per heavy atom. The second-order valence-electron chi connectivity index (χ2n) is 4.62. The number of thiophene rings is 1. The molecule has 0 aliphatic heterocycles. The van der Waals surface area contributed by atoms with E-state index in [9.17, 15) is 9.90 Å². The number of carbonyl (C=O) groups excluding carboxylic acids is 1. The summed E-state index contributed by atoms with van der Waals surface area (Å²) in [6.07, 6.45) is 0.799. The molecule has 3 rings (SSSR count). The Bertz CT molecular complexity index is 787. The fourth-order valence-corrected chi connectivity index (χ4v) is 3.41. The van der Waals surface area contributed by atoms with Crippen LogP contribution in [0.1, 0.15) is 27.7 Å². The predicted octanol–water partition coefficient (Wildman–Crippen LogP) is 4.40. The van der Waals surface area contributed by atoms with Gasteiger partial charge in [0, 0.05) is 15.6 Å². The molecule has 0 atom stereocenters. The lowest BCUT2D eigenvalue weighted by molar-refractivity contribution is 0.103. The van der Waals surface area contributed by atoms with Crippen LogP contribution < -0.4 is 0 Å². The van der Waals surface area contributed by atoms with E-state index in [0.717, 1.165) is 22.1 Å². The lowest BCUT2D eigenvalue weighted by atomic mass is 10.0. The molecule has 0 radical (unpaired) electrons. The van der Waals surface area contributed by atoms with E-state index < -0.39 is 0 Å². The molecule has 0 aliphatic carbocycles. The van der Waals surface area contributed by atoms with Gasteiger partial charge in [-0.3, -0.25) is 4.79 Å². The van der Waals surface area contributed by atoms with Crippen molar-refractivity contribution in [2.75, 3.05) is 0 Å². The number of carbonyl (C=O) groups is 1. The maximum Gasteiger partial charge on any atom is 0.207 e. The van der Waals surface area contributed by atoms with E-state index in [1.54, 1.807) is 0 Å². The number of aryl methyl sites for hydroxylation is 1. The lowest BCUT2D eigenvalue weighted by Gasteiger charge is -2.05. The highest BCUT2D eigenvalue weighted by molar-refractivity contribution is 7.21. The van der Waals surface area contributed by atoms with Gasteiger partial charge in [-0.25, -0.2) is 0 Å². The number of hydrogen-bond acceptors (Lipinski definition) is 3. The molecule has 3 heteroatoms. The summed E-state index contributed by atoms with van der Waals surface area (Å²) in [5.41, 5.74) is 1.69. The Hall–Kier alpha value is -2.13. The van der Waals surface area contributed by atoms with Crippen molar-refractivity contribution in [3.63, 3.8) is 0 Å². The van der Waals surface area contributed by atoms with Crippen LogP contribution in [0.15, 0.2) is 48.5 Å². The van der Waals surface area contributed by atoms with Gasteiger partial charge in [0.2, 0.25) is 5.78 Å². The van der Waals surface area contributed by atoms with Crippen molar-refractivity contribution in [1.82, 2.24) is 0 Å². The number of ketones is 1. The van der Waals surface area contributed by atoms with Gasteiger partial charge < -0.3 is 5.11 Å². The Morgan fingerprint density at radius 2 is 1.80 bits per heavy atom. The van der Waals surface area contributed by atoms with Gasteiger partial charge in [0.15, 0.2) is 0 Å². The van der Waals surface area contributed by atoms with E-state index in [-0.39, 0.29) is 11.5 Å². The molecule has 2 nitrogen and oxygen atoms in total. The van der Waals surface area contributed by atoms with Gasteiger partial charge in [-0.2, -0.15) is 0 Å². The van der Waals surface area contributed by atoms with Gasteiger partial charge in [-0.15, -0.1) is 11.3 Å². The fraction of sp³-hybridized carbons (Fsp3) is 0.118. The molecule has 1 aromatic heterocycles. The normalized spacial score (nSPS) is 10.8. The van der Waals surface area contributed by atoms with Crippen LogP contribution in [-0.4, -0.2) is 10.9 Å². The van der Waals surface area contributed by atoms with Gasteiger partial charge in [-0.05, 0) is 24.1 Å². The van der Waals surface area contributed by atoms with Gasteiger partial charge in [0.25, 0.3) is 0 Å². The molecule has 0 amide bonds. The van der Waals surface area contributed by atoms with Crippen molar-refractivity contribution < 1.29 is 9.90 Å². The highest BCUT2D eigenvalue weighted by Gasteiger charge is 2.20. The zero-order chi connectivity index (χ0) is 14.1. The minimum absolute atomic E-state index is 0.0962. The first-order valence-electron chi connectivity index (χ1n) is 6.55. The molecule has 1 heterocycles. The maximum atomic E-state index is 12.7. The fourth-order valence-electron chi connectivity index (χ4n) is 2.36. The van der Waals surface area contributed by atoms with Crippen LogP contribution in [0.4, 0.5) is 0 Å². The molecule has 0 saturated heterocycles. The highest BCUT2D eigenvalue weighted by Crippen LogP contribution is 2.38. The van der Waals surface area contributed by atoms with Crippen molar-refractivity contribution in [1.29, 1.82) is 0 Å². The highest BCUT2D eigenvalue weighted by atomic mass is 32.1. The first-order chi connectivity index (χ1) is 9.72. The van der Waals surface area contributed by atoms with E-state index in [1.165, 1.54) is 11.3 Å². The van der Waals surface area contributed by atoms with E-state index >= 15 is 0 Å². The molecule has 100 valence electrons. The zero-order valence-electron chi connectivity index (χ0n) is 11.1. The maximum absolute atomic E-state index is 12.7. The molecule has 3 aromatic rings. The monoisotopic (exact) mass is 282 g/mol. The Balaban J connectivity index is 2.15. The molecular formula is C17H14O2S. The topological polar surface area (TPSA) is 37.3 Å². The smallest absolute Gasteiger partial charge is 0.207 e. The Labute approximate surface area is 121 Å². The predicted molar refractivity (Wildman–Crippen MR) is 82.7 cm³/mol. The number of rotatable bonds is 3. The third kappa shape index (κ3) is 2.00. The quantitative estimate of drug-likeness (QED) is 0.723. The van der Waals surface area contributed by atoms with Gasteiger partial charge >= 0.3 is 0 Å². The van der Waals surface area contributed by atoms with Crippen molar-refractivity contribution in [2.45, 2.75) is 13.3 Å². The van der Waals surface area contributed by atoms with Crippen LogP contribution >= 0.6 is 11.3 Å². The first-order valence-corrected chi connectivity index (χ1v) is 7.37. The van der Waals surface area contributed by atoms with Crippen LogP contribution in [0.3, 0.4) is 0 Å². The van der Waals surface area contributed by atoms with Crippen LogP contribution in [0, 0.1) is 0 Å². The molecule has 0 spiro atoms. The number of hydrogen-bond donors (Lipinski definition) is 1. The molecule has 2 aromatic carbocycles. The summed E-state index contributed by atoms with van der Waals surface area (Å²) in [6, 6.07) is 15.1. The summed E-state index contributed by atoms with van der Waals surface area (Å²) >= 11 is 1.35. The molecule has 0 aliphatic rings.